The van der Waals surface area contributed by atoms with Crippen LogP contribution in [0, 0.1) is 0 Å². The second kappa shape index (κ2) is 9.16. The van der Waals surface area contributed by atoms with E-state index in [-0.39, 0.29) is 24.1 Å². The van der Waals surface area contributed by atoms with Gasteiger partial charge in [0.05, 0.1) is 36.7 Å². The molecule has 1 unspecified atom stereocenters. The average Bonchev–Trinajstić information content (AvgIpc) is 3.52. The minimum atomic E-state index is -0.507. The summed E-state index contributed by atoms with van der Waals surface area (Å²) in [7, 11) is 3.51. The topological polar surface area (TPSA) is 128 Å². The Kier molecular flexibility index (Phi) is 5.82. The molecule has 5 heterocycles. The van der Waals surface area contributed by atoms with Gasteiger partial charge in [-0.3, -0.25) is 4.79 Å². The van der Waals surface area contributed by atoms with E-state index in [0.717, 1.165) is 29.4 Å². The highest BCUT2D eigenvalue weighted by Crippen LogP contribution is 2.35. The Hall–Kier alpha value is -3.54. The Morgan fingerprint density at radius 3 is 2.92 bits per heavy atom. The van der Waals surface area contributed by atoms with Gasteiger partial charge >= 0.3 is 0 Å². The van der Waals surface area contributed by atoms with Gasteiger partial charge in [0.15, 0.2) is 5.65 Å². The van der Waals surface area contributed by atoms with Crippen LogP contribution < -0.4 is 10.6 Å². The number of methoxy groups -OCH3 is 1. The second-order valence-corrected chi connectivity index (χ2v) is 9.32. The molecular formula is C25H29N7O4. The molecule has 188 valence electrons. The van der Waals surface area contributed by atoms with E-state index in [9.17, 15) is 9.90 Å². The molecule has 36 heavy (non-hydrogen) atoms. The summed E-state index contributed by atoms with van der Waals surface area (Å²) in [5.74, 6) is 0.401. The molecule has 0 aromatic carbocycles. The molecule has 3 N–H and O–H groups in total. The number of amides is 1. The quantitative estimate of drug-likeness (QED) is 0.374. The number of aliphatic hydroxyl groups is 1. The maximum atomic E-state index is 13.0. The molecule has 11 heteroatoms. The minimum absolute atomic E-state index is 0.0765. The molecule has 2 aliphatic rings. The third-order valence-corrected chi connectivity index (χ3v) is 7.32. The van der Waals surface area contributed by atoms with E-state index in [1.165, 1.54) is 6.20 Å². The molecule has 2 fully saturated rings. The van der Waals surface area contributed by atoms with Gasteiger partial charge in [-0.05, 0) is 31.4 Å². The van der Waals surface area contributed by atoms with Crippen LogP contribution in [0.25, 0.3) is 27.9 Å². The summed E-state index contributed by atoms with van der Waals surface area (Å²) in [4.78, 5) is 22.6. The lowest BCUT2D eigenvalue weighted by molar-refractivity contribution is -0.0592. The Morgan fingerprint density at radius 2 is 2.17 bits per heavy atom. The first-order valence-corrected chi connectivity index (χ1v) is 12.2. The highest BCUT2D eigenvalue weighted by atomic mass is 16.5. The summed E-state index contributed by atoms with van der Waals surface area (Å²) in [5, 5.41) is 21.3. The maximum Gasteiger partial charge on any atom is 0.257 e. The number of hydrogen-bond acceptors (Lipinski definition) is 8. The Labute approximate surface area is 207 Å². The lowest BCUT2D eigenvalue weighted by atomic mass is 9.89. The fourth-order valence-corrected chi connectivity index (χ4v) is 5.12. The number of aliphatic hydroxyl groups excluding tert-OH is 1. The van der Waals surface area contributed by atoms with Crippen LogP contribution in [-0.4, -0.2) is 80.8 Å². The van der Waals surface area contributed by atoms with Gasteiger partial charge in [0, 0.05) is 50.2 Å². The van der Waals surface area contributed by atoms with Gasteiger partial charge in [-0.1, -0.05) is 0 Å². The normalized spacial score (nSPS) is 24.1. The number of ether oxygens (including phenoxy) is 2. The SMILES string of the molecule is CNc1cc(-c2cn([C@H]3CCOC[C@H]3OC)c3ncccc23)nc2c(C(=O)NC3CC[C@H]3O)cnn12. The van der Waals surface area contributed by atoms with Gasteiger partial charge in [0.25, 0.3) is 5.91 Å². The number of anilines is 1. The number of aromatic nitrogens is 5. The third-order valence-electron chi connectivity index (χ3n) is 7.32. The first kappa shape index (κ1) is 22.9. The van der Waals surface area contributed by atoms with E-state index in [0.29, 0.717) is 42.4 Å². The van der Waals surface area contributed by atoms with Crippen molar-refractivity contribution in [3.63, 3.8) is 0 Å². The van der Waals surface area contributed by atoms with Crippen LogP contribution in [0.5, 0.6) is 0 Å². The Balaban J connectivity index is 1.47. The predicted molar refractivity (Wildman–Crippen MR) is 133 cm³/mol. The van der Waals surface area contributed by atoms with Crippen LogP contribution in [0.15, 0.2) is 36.8 Å². The highest BCUT2D eigenvalue weighted by Gasteiger charge is 2.32. The Morgan fingerprint density at radius 1 is 1.28 bits per heavy atom. The molecule has 11 nitrogen and oxygen atoms in total. The van der Waals surface area contributed by atoms with Crippen LogP contribution in [0.4, 0.5) is 5.82 Å². The summed E-state index contributed by atoms with van der Waals surface area (Å²) in [6.07, 6.45) is 7.04. The van der Waals surface area contributed by atoms with E-state index >= 15 is 0 Å². The number of fused-ring (bicyclic) bond motifs is 2. The summed E-state index contributed by atoms with van der Waals surface area (Å²) >= 11 is 0. The monoisotopic (exact) mass is 491 g/mol. The smallest absolute Gasteiger partial charge is 0.257 e. The molecule has 0 radical (unpaired) electrons. The van der Waals surface area contributed by atoms with Crippen LogP contribution in [0.1, 0.15) is 35.7 Å². The second-order valence-electron chi connectivity index (χ2n) is 9.32. The number of nitrogens with one attached hydrogen (secondary N) is 2. The molecule has 1 aliphatic carbocycles. The number of carbonyl (C=O) groups excluding carboxylic acids is 1. The summed E-state index contributed by atoms with van der Waals surface area (Å²) in [6.45, 7) is 1.19. The molecule has 6 rings (SSSR count). The van der Waals surface area contributed by atoms with Gasteiger partial charge in [-0.2, -0.15) is 9.61 Å². The third kappa shape index (κ3) is 3.71. The predicted octanol–water partition coefficient (Wildman–Crippen LogP) is 2.02. The first-order valence-electron chi connectivity index (χ1n) is 12.2. The van der Waals surface area contributed by atoms with Crippen molar-refractivity contribution in [1.82, 2.24) is 29.5 Å². The molecule has 4 atom stereocenters. The van der Waals surface area contributed by atoms with Crippen molar-refractivity contribution < 1.29 is 19.4 Å². The van der Waals surface area contributed by atoms with Crippen LogP contribution in [0.3, 0.4) is 0 Å². The Bertz CT molecular complexity index is 1430. The number of hydrogen-bond donors (Lipinski definition) is 3. The van der Waals surface area contributed by atoms with Gasteiger partial charge in [-0.15, -0.1) is 0 Å². The molecule has 1 aliphatic heterocycles. The number of pyridine rings is 1. The van der Waals surface area contributed by atoms with E-state index < -0.39 is 6.10 Å². The standard InChI is InChI=1S/C25H29N7O4/c1-26-22-10-18(29-24-15(11-28-32(22)24)25(34)30-17-5-6-20(17)33)16-12-31(23-14(16)4-3-8-27-23)19-7-9-36-13-21(19)35-2/h3-4,8,10-12,17,19-21,26,33H,5-7,9,13H2,1-2H3,(H,30,34)/t17?,19-,20+,21+/m0/s1. The number of rotatable bonds is 6. The molecular weight excluding hydrogens is 462 g/mol. The van der Waals surface area contributed by atoms with Gasteiger partial charge < -0.3 is 29.8 Å². The fourth-order valence-electron chi connectivity index (χ4n) is 5.12. The first-order chi connectivity index (χ1) is 17.6. The minimum Gasteiger partial charge on any atom is -0.391 e. The lowest BCUT2D eigenvalue weighted by Gasteiger charge is -2.32. The zero-order valence-corrected chi connectivity index (χ0v) is 20.2. The molecule has 4 aromatic heterocycles. The molecule has 0 bridgehead atoms. The number of carbonyl (C=O) groups is 1. The molecule has 1 amide bonds. The lowest BCUT2D eigenvalue weighted by Crippen LogP contribution is -2.50. The largest absolute Gasteiger partial charge is 0.391 e. The zero-order valence-electron chi connectivity index (χ0n) is 20.2. The van der Waals surface area contributed by atoms with Gasteiger partial charge in [0.2, 0.25) is 0 Å². The maximum absolute atomic E-state index is 13.0. The van der Waals surface area contributed by atoms with Crippen molar-refractivity contribution in [2.45, 2.75) is 43.6 Å². The van der Waals surface area contributed by atoms with Gasteiger partial charge in [-0.25, -0.2) is 9.97 Å². The van der Waals surface area contributed by atoms with Crippen molar-refractivity contribution in [3.8, 4) is 11.3 Å². The molecule has 4 aromatic rings. The summed E-state index contributed by atoms with van der Waals surface area (Å²) in [5.41, 5.74) is 3.25. The van der Waals surface area contributed by atoms with Crippen molar-refractivity contribution in [2.24, 2.45) is 0 Å². The van der Waals surface area contributed by atoms with Crippen molar-refractivity contribution in [1.29, 1.82) is 0 Å². The fraction of sp³-hybridized carbons (Fsp3) is 0.440. The van der Waals surface area contributed by atoms with Crippen LogP contribution in [0.2, 0.25) is 0 Å². The molecule has 0 spiro atoms. The average molecular weight is 492 g/mol. The summed E-state index contributed by atoms with van der Waals surface area (Å²) in [6, 6.07) is 5.70. The zero-order chi connectivity index (χ0) is 24.8. The molecule has 1 saturated carbocycles. The van der Waals surface area contributed by atoms with Crippen molar-refractivity contribution in [2.75, 3.05) is 32.7 Å². The van der Waals surface area contributed by atoms with E-state index in [2.05, 4.69) is 31.5 Å². The van der Waals surface area contributed by atoms with Crippen molar-refractivity contribution in [3.05, 3.63) is 42.4 Å². The van der Waals surface area contributed by atoms with E-state index in [1.54, 1.807) is 24.9 Å². The summed E-state index contributed by atoms with van der Waals surface area (Å²) < 4.78 is 15.1. The number of nitrogens with zero attached hydrogens (tertiary/aromatic N) is 5. The van der Waals surface area contributed by atoms with Crippen LogP contribution in [-0.2, 0) is 9.47 Å². The van der Waals surface area contributed by atoms with E-state index in [4.69, 9.17) is 14.5 Å². The van der Waals surface area contributed by atoms with Gasteiger partial charge in [0.1, 0.15) is 23.1 Å². The van der Waals surface area contributed by atoms with E-state index in [1.807, 2.05) is 18.2 Å². The van der Waals surface area contributed by atoms with Crippen molar-refractivity contribution >= 4 is 28.4 Å². The highest BCUT2D eigenvalue weighted by molar-refractivity contribution is 6.01. The molecule has 1 saturated heterocycles. The van der Waals surface area contributed by atoms with Crippen LogP contribution >= 0.6 is 0 Å².